The van der Waals surface area contributed by atoms with E-state index in [0.717, 1.165) is 0 Å². The van der Waals surface area contributed by atoms with E-state index < -0.39 is 0 Å². The molecular formula is C12H15ClN4O2. The molecule has 0 saturated carbocycles. The fourth-order valence-corrected chi connectivity index (χ4v) is 1.96. The van der Waals surface area contributed by atoms with Crippen LogP contribution >= 0.6 is 11.6 Å². The van der Waals surface area contributed by atoms with Crippen molar-refractivity contribution in [2.24, 2.45) is 0 Å². The van der Waals surface area contributed by atoms with Crippen LogP contribution in [0.4, 0.5) is 0 Å². The largest absolute Gasteiger partial charge is 0.354 e. The topological polar surface area (TPSA) is 84.0 Å². The molecule has 1 atom stereocenters. The first-order valence-electron chi connectivity index (χ1n) is 6.07. The highest BCUT2D eigenvalue weighted by Crippen LogP contribution is 2.16. The highest BCUT2D eigenvalue weighted by atomic mass is 35.5. The van der Waals surface area contributed by atoms with Crippen LogP contribution in [0, 0.1) is 0 Å². The Morgan fingerprint density at radius 3 is 2.89 bits per heavy atom. The Balaban J connectivity index is 2.14. The van der Waals surface area contributed by atoms with Gasteiger partial charge in [-0.05, 0) is 0 Å². The third-order valence-corrected chi connectivity index (χ3v) is 3.08. The molecule has 7 heteroatoms. The maximum atomic E-state index is 12.1. The first-order chi connectivity index (χ1) is 8.97. The molecule has 0 aromatic carbocycles. The second kappa shape index (κ2) is 5.52. The second-order valence-corrected chi connectivity index (χ2v) is 5.17. The second-order valence-electron chi connectivity index (χ2n) is 4.76. The van der Waals surface area contributed by atoms with Crippen molar-refractivity contribution in [3.63, 3.8) is 0 Å². The lowest BCUT2D eigenvalue weighted by atomic mass is 10.2. The Bertz CT molecular complexity index is 518. The number of carbonyl (C=O) groups is 2. The van der Waals surface area contributed by atoms with Crippen molar-refractivity contribution in [2.75, 3.05) is 6.54 Å². The van der Waals surface area contributed by atoms with Crippen molar-refractivity contribution < 1.29 is 9.59 Å². The quantitative estimate of drug-likeness (QED) is 0.862. The van der Waals surface area contributed by atoms with Gasteiger partial charge in [0.25, 0.3) is 5.91 Å². The Labute approximate surface area is 116 Å². The first kappa shape index (κ1) is 13.7. The Morgan fingerprint density at radius 1 is 1.58 bits per heavy atom. The van der Waals surface area contributed by atoms with E-state index in [4.69, 9.17) is 11.6 Å². The molecule has 1 aliphatic heterocycles. The number of carbonyl (C=O) groups excluding carboxylic acids is 2. The van der Waals surface area contributed by atoms with E-state index in [9.17, 15) is 9.59 Å². The smallest absolute Gasteiger partial charge is 0.271 e. The Kier molecular flexibility index (Phi) is 3.99. The van der Waals surface area contributed by atoms with Gasteiger partial charge in [0.05, 0.1) is 17.3 Å². The van der Waals surface area contributed by atoms with Gasteiger partial charge in [-0.2, -0.15) is 0 Å². The van der Waals surface area contributed by atoms with E-state index in [0.29, 0.717) is 12.4 Å². The molecule has 2 heterocycles. The van der Waals surface area contributed by atoms with Crippen LogP contribution in [-0.2, 0) is 4.79 Å². The molecule has 1 saturated heterocycles. The zero-order valence-corrected chi connectivity index (χ0v) is 11.5. The molecule has 2 N–H and O–H groups in total. The molecule has 102 valence electrons. The molecule has 2 rings (SSSR count). The summed E-state index contributed by atoms with van der Waals surface area (Å²) in [5, 5.41) is 5.59. The summed E-state index contributed by atoms with van der Waals surface area (Å²) >= 11 is 5.94. The Hall–Kier alpha value is -1.69. The third kappa shape index (κ3) is 3.20. The summed E-state index contributed by atoms with van der Waals surface area (Å²) in [5.41, 5.74) is 0.153. The molecule has 0 radical (unpaired) electrons. The lowest BCUT2D eigenvalue weighted by Crippen LogP contribution is -2.37. The summed E-state index contributed by atoms with van der Waals surface area (Å²) in [4.78, 5) is 31.4. The van der Waals surface area contributed by atoms with Gasteiger partial charge >= 0.3 is 0 Å². The lowest BCUT2D eigenvalue weighted by Gasteiger charge is -2.12. The van der Waals surface area contributed by atoms with Crippen molar-refractivity contribution >= 4 is 23.4 Å². The van der Waals surface area contributed by atoms with Crippen molar-refractivity contribution in [2.45, 2.75) is 32.2 Å². The van der Waals surface area contributed by atoms with E-state index in [2.05, 4.69) is 20.6 Å². The van der Waals surface area contributed by atoms with E-state index in [1.54, 1.807) is 0 Å². The number of nitrogens with one attached hydrogen (secondary N) is 2. The maximum Gasteiger partial charge on any atom is 0.271 e. The molecule has 19 heavy (non-hydrogen) atoms. The van der Waals surface area contributed by atoms with Gasteiger partial charge in [-0.1, -0.05) is 25.4 Å². The number of rotatable bonds is 3. The zero-order chi connectivity index (χ0) is 14.0. The van der Waals surface area contributed by atoms with Gasteiger partial charge in [-0.3, -0.25) is 9.59 Å². The first-order valence-corrected chi connectivity index (χ1v) is 6.45. The molecule has 1 fully saturated rings. The number of hydrogen-bond acceptors (Lipinski definition) is 4. The predicted molar refractivity (Wildman–Crippen MR) is 70.0 cm³/mol. The molecule has 1 aliphatic rings. The lowest BCUT2D eigenvalue weighted by molar-refractivity contribution is -0.119. The molecule has 6 nitrogen and oxygen atoms in total. The van der Waals surface area contributed by atoms with Gasteiger partial charge in [-0.15, -0.1) is 0 Å². The van der Waals surface area contributed by atoms with Crippen LogP contribution in [0.15, 0.2) is 6.20 Å². The van der Waals surface area contributed by atoms with E-state index in [1.807, 2.05) is 13.8 Å². The molecule has 1 unspecified atom stereocenters. The van der Waals surface area contributed by atoms with Gasteiger partial charge in [0.15, 0.2) is 0 Å². The van der Waals surface area contributed by atoms with Gasteiger partial charge in [0.1, 0.15) is 11.5 Å². The molecule has 0 aliphatic carbocycles. The van der Waals surface area contributed by atoms with Crippen molar-refractivity contribution in [1.29, 1.82) is 0 Å². The number of aromatic nitrogens is 2. The maximum absolute atomic E-state index is 12.1. The van der Waals surface area contributed by atoms with Gasteiger partial charge in [-0.25, -0.2) is 9.97 Å². The average molecular weight is 283 g/mol. The molecule has 2 amide bonds. The SMILES string of the molecule is CC(C)c1ncc(Cl)c(C(=O)NC2CNC(=O)C2)n1. The molecule has 1 aromatic rings. The zero-order valence-electron chi connectivity index (χ0n) is 10.7. The van der Waals surface area contributed by atoms with Crippen molar-refractivity contribution in [3.8, 4) is 0 Å². The summed E-state index contributed by atoms with van der Waals surface area (Å²) in [6, 6.07) is -0.214. The number of halogens is 1. The summed E-state index contributed by atoms with van der Waals surface area (Å²) in [6.45, 7) is 4.30. The number of nitrogens with zero attached hydrogens (tertiary/aromatic N) is 2. The Morgan fingerprint density at radius 2 is 2.32 bits per heavy atom. The standard InChI is InChI=1S/C12H15ClN4O2/c1-6(2)11-15-5-8(13)10(17-11)12(19)16-7-3-9(18)14-4-7/h5-7H,3-4H2,1-2H3,(H,14,18)(H,16,19). The molecule has 0 spiro atoms. The highest BCUT2D eigenvalue weighted by molar-refractivity contribution is 6.33. The van der Waals surface area contributed by atoms with E-state index in [-0.39, 0.29) is 40.9 Å². The summed E-state index contributed by atoms with van der Waals surface area (Å²) in [7, 11) is 0. The van der Waals surface area contributed by atoms with Crippen LogP contribution in [0.3, 0.4) is 0 Å². The van der Waals surface area contributed by atoms with Crippen LogP contribution in [-0.4, -0.2) is 34.4 Å². The van der Waals surface area contributed by atoms with E-state index in [1.165, 1.54) is 6.20 Å². The van der Waals surface area contributed by atoms with Gasteiger partial charge in [0, 0.05) is 18.9 Å². The molecule has 0 bridgehead atoms. The molecule has 1 aromatic heterocycles. The number of amides is 2. The fourth-order valence-electron chi connectivity index (χ4n) is 1.78. The monoisotopic (exact) mass is 282 g/mol. The average Bonchev–Trinajstić information content (AvgIpc) is 2.74. The predicted octanol–water partition coefficient (Wildman–Crippen LogP) is 0.872. The molecular weight excluding hydrogens is 268 g/mol. The van der Waals surface area contributed by atoms with E-state index >= 15 is 0 Å². The summed E-state index contributed by atoms with van der Waals surface area (Å²) in [5.74, 6) is 0.228. The minimum atomic E-state index is -0.379. The van der Waals surface area contributed by atoms with Crippen LogP contribution in [0.1, 0.15) is 42.5 Å². The van der Waals surface area contributed by atoms with Crippen LogP contribution in [0.5, 0.6) is 0 Å². The normalized spacial score (nSPS) is 18.5. The number of hydrogen-bond donors (Lipinski definition) is 2. The minimum absolute atomic E-state index is 0.0676. The van der Waals surface area contributed by atoms with Gasteiger partial charge < -0.3 is 10.6 Å². The van der Waals surface area contributed by atoms with Crippen LogP contribution in [0.2, 0.25) is 5.02 Å². The third-order valence-electron chi connectivity index (χ3n) is 2.81. The summed E-state index contributed by atoms with van der Waals surface area (Å²) < 4.78 is 0. The summed E-state index contributed by atoms with van der Waals surface area (Å²) in [6.07, 6.45) is 1.71. The van der Waals surface area contributed by atoms with Crippen molar-refractivity contribution in [1.82, 2.24) is 20.6 Å². The fraction of sp³-hybridized carbons (Fsp3) is 0.500. The minimum Gasteiger partial charge on any atom is -0.354 e. The van der Waals surface area contributed by atoms with Crippen LogP contribution in [0.25, 0.3) is 0 Å². The van der Waals surface area contributed by atoms with Gasteiger partial charge in [0.2, 0.25) is 5.91 Å². The van der Waals surface area contributed by atoms with Crippen molar-refractivity contribution in [3.05, 3.63) is 22.7 Å². The highest BCUT2D eigenvalue weighted by Gasteiger charge is 2.25. The van der Waals surface area contributed by atoms with Crippen LogP contribution < -0.4 is 10.6 Å².